The summed E-state index contributed by atoms with van der Waals surface area (Å²) >= 11 is 0. The fourth-order valence-corrected chi connectivity index (χ4v) is 8.81. The molecule has 0 saturated heterocycles. The number of carboxylic acid groups (broad SMARTS) is 2. The molecule has 4 rings (SSSR count). The molecule has 0 bridgehead atoms. The van der Waals surface area contributed by atoms with Crippen LogP contribution in [0.2, 0.25) is 0 Å². The normalized spacial score (nSPS) is 17.9. The fraction of sp³-hybridized carbons (Fsp3) is 0.492. The van der Waals surface area contributed by atoms with Crippen molar-refractivity contribution in [2.75, 3.05) is 0 Å². The predicted octanol–water partition coefficient (Wildman–Crippen LogP) is 16.0. The zero-order valence-electron chi connectivity index (χ0n) is 46.5. The molecule has 2 unspecified atom stereocenters. The van der Waals surface area contributed by atoms with E-state index in [0.717, 1.165) is 166 Å². The van der Waals surface area contributed by atoms with Gasteiger partial charge in [-0.15, -0.1) is 0 Å². The van der Waals surface area contributed by atoms with Crippen LogP contribution >= 0.6 is 0 Å². The van der Waals surface area contributed by atoms with Crippen molar-refractivity contribution >= 4 is 23.9 Å². The van der Waals surface area contributed by atoms with Gasteiger partial charge in [-0.1, -0.05) is 69.9 Å². The van der Waals surface area contributed by atoms with Gasteiger partial charge in [0.15, 0.2) is 0 Å². The van der Waals surface area contributed by atoms with Crippen molar-refractivity contribution in [1.29, 1.82) is 0 Å². The Hall–Kier alpha value is -6.16. The maximum atomic E-state index is 12.0. The topological polar surface area (TPSA) is 146 Å². The van der Waals surface area contributed by atoms with E-state index >= 15 is 0 Å². The largest absolute Gasteiger partial charge is 0.487 e. The molecule has 0 amide bonds. The summed E-state index contributed by atoms with van der Waals surface area (Å²) < 4.78 is 23.7. The van der Waals surface area contributed by atoms with Gasteiger partial charge in [-0.05, 0) is 239 Å². The van der Waals surface area contributed by atoms with Crippen molar-refractivity contribution < 1.29 is 48.3 Å². The molecule has 73 heavy (non-hydrogen) atoms. The Bertz CT molecular complexity index is 2500. The summed E-state index contributed by atoms with van der Waals surface area (Å²) in [7, 11) is 0. The Morgan fingerprint density at radius 1 is 0.521 bits per heavy atom. The second-order valence-electron chi connectivity index (χ2n) is 21.1. The fourth-order valence-electron chi connectivity index (χ4n) is 8.81. The molecule has 2 heterocycles. The number of rotatable bonds is 24. The molecule has 2 aliphatic heterocycles. The summed E-state index contributed by atoms with van der Waals surface area (Å²) in [5.74, 6) is -1.21. The van der Waals surface area contributed by atoms with E-state index in [1.54, 1.807) is 6.07 Å². The third kappa shape index (κ3) is 23.1. The van der Waals surface area contributed by atoms with Crippen LogP contribution in [0.4, 0.5) is 0 Å². The Labute approximate surface area is 437 Å². The number of carboxylic acids is 2. The Morgan fingerprint density at radius 3 is 1.36 bits per heavy atom. The van der Waals surface area contributed by atoms with Gasteiger partial charge in [-0.3, -0.25) is 0 Å². The average molecular weight is 1000 g/mol. The lowest BCUT2D eigenvalue weighted by Crippen LogP contribution is -2.36. The van der Waals surface area contributed by atoms with Crippen LogP contribution in [0, 0.1) is 20.8 Å². The number of benzene rings is 2. The summed E-state index contributed by atoms with van der Waals surface area (Å²) in [6, 6.07) is 5.42. The number of aryl methyl sites for hydroxylation is 3. The van der Waals surface area contributed by atoms with Crippen LogP contribution in [-0.2, 0) is 32.0 Å². The minimum absolute atomic E-state index is 0.238. The highest BCUT2D eigenvalue weighted by atomic mass is 16.5. The summed E-state index contributed by atoms with van der Waals surface area (Å²) in [4.78, 5) is 45.0. The van der Waals surface area contributed by atoms with E-state index in [-0.39, 0.29) is 11.2 Å². The highest BCUT2D eigenvalue weighted by molar-refractivity contribution is 5.92. The zero-order valence-corrected chi connectivity index (χ0v) is 46.5. The molecule has 0 radical (unpaired) electrons. The first-order valence-corrected chi connectivity index (χ1v) is 26.2. The van der Waals surface area contributed by atoms with E-state index in [2.05, 4.69) is 106 Å². The van der Waals surface area contributed by atoms with Gasteiger partial charge in [0.2, 0.25) is 0 Å². The number of esters is 2. The van der Waals surface area contributed by atoms with Gasteiger partial charge >= 0.3 is 23.9 Å². The van der Waals surface area contributed by atoms with Gasteiger partial charge in [0, 0.05) is 24.3 Å². The Morgan fingerprint density at radius 2 is 0.918 bits per heavy atom. The molecule has 398 valence electrons. The molecule has 0 spiro atoms. The van der Waals surface area contributed by atoms with Crippen molar-refractivity contribution in [2.24, 2.45) is 0 Å². The number of allylic oxidation sites excluding steroid dienone is 12. The van der Waals surface area contributed by atoms with Gasteiger partial charge in [0.05, 0.1) is 0 Å². The van der Waals surface area contributed by atoms with E-state index < -0.39 is 23.9 Å². The van der Waals surface area contributed by atoms with E-state index in [9.17, 15) is 19.2 Å². The third-order valence-corrected chi connectivity index (χ3v) is 13.5. The molecule has 0 aliphatic carbocycles. The summed E-state index contributed by atoms with van der Waals surface area (Å²) in [6.07, 6.45) is 33.5. The highest BCUT2D eigenvalue weighted by Gasteiger charge is 2.34. The predicted molar refractivity (Wildman–Crippen MR) is 296 cm³/mol. The maximum absolute atomic E-state index is 12.0. The number of carbonyl (C=O) groups is 4. The third-order valence-electron chi connectivity index (χ3n) is 13.5. The summed E-state index contributed by atoms with van der Waals surface area (Å²) in [5.41, 5.74) is 12.8. The lowest BCUT2D eigenvalue weighted by atomic mass is 9.86. The van der Waals surface area contributed by atoms with Crippen molar-refractivity contribution in [3.05, 3.63) is 140 Å². The van der Waals surface area contributed by atoms with Crippen molar-refractivity contribution in [2.45, 2.75) is 204 Å². The van der Waals surface area contributed by atoms with Crippen molar-refractivity contribution in [3.8, 4) is 23.0 Å². The first-order valence-electron chi connectivity index (χ1n) is 26.2. The number of ether oxygens (including phenoxy) is 4. The maximum Gasteiger partial charge on any atom is 0.336 e. The number of fused-ring (bicyclic) bond motifs is 2. The van der Waals surface area contributed by atoms with Crippen LogP contribution in [-0.4, -0.2) is 45.3 Å². The quantitative estimate of drug-likeness (QED) is 0.0451. The summed E-state index contributed by atoms with van der Waals surface area (Å²) in [6.45, 7) is 27.6. The standard InChI is InChI=1S/C32H44O5.C31H42O5/c1-22(2)11-8-12-23(3)13-9-14-24(4)15-10-19-32(7)20-18-27-21-28(25(5)26(6)31(27)37-32)36-30(35)17-16-29(33)34;1-22(2)10-7-11-23(3)12-8-13-24(4)14-9-18-31(6)19-17-26-21-27(20-25(5)30(26)36-31)35-29(34)16-15-28(32)33/h11,13,15-17,21H,8-10,12,14,18-20H2,1-7H3,(H,33,34);10,12,14-16,20-21H,7-9,11,13,17-19H2,1-6H3,(H,32,33). The lowest BCUT2D eigenvalue weighted by Gasteiger charge is -2.37. The zero-order chi connectivity index (χ0) is 54.3. The van der Waals surface area contributed by atoms with E-state index in [0.29, 0.717) is 11.5 Å². The van der Waals surface area contributed by atoms with Crippen LogP contribution in [0.1, 0.15) is 187 Å². The molecule has 2 N–H and O–H groups in total. The molecular weight excluding hydrogens is 917 g/mol. The van der Waals surface area contributed by atoms with E-state index in [1.165, 1.54) is 33.4 Å². The van der Waals surface area contributed by atoms with Crippen LogP contribution in [0.25, 0.3) is 0 Å². The smallest absolute Gasteiger partial charge is 0.336 e. The van der Waals surface area contributed by atoms with Crippen LogP contribution < -0.4 is 18.9 Å². The molecule has 2 aromatic carbocycles. The van der Waals surface area contributed by atoms with E-state index in [4.69, 9.17) is 29.2 Å². The highest BCUT2D eigenvalue weighted by Crippen LogP contribution is 2.43. The molecule has 2 atom stereocenters. The molecule has 2 aromatic rings. The lowest BCUT2D eigenvalue weighted by molar-refractivity contribution is -0.133. The van der Waals surface area contributed by atoms with Gasteiger partial charge in [-0.2, -0.15) is 0 Å². The first kappa shape index (κ1) is 61.1. The minimum atomic E-state index is -1.19. The van der Waals surface area contributed by atoms with Crippen molar-refractivity contribution in [1.82, 2.24) is 0 Å². The number of carbonyl (C=O) groups excluding carboxylic acids is 2. The van der Waals surface area contributed by atoms with Crippen LogP contribution in [0.3, 0.4) is 0 Å². The Balaban J connectivity index is 0.000000385. The molecule has 0 fully saturated rings. The van der Waals surface area contributed by atoms with Crippen molar-refractivity contribution in [3.63, 3.8) is 0 Å². The van der Waals surface area contributed by atoms with Gasteiger partial charge < -0.3 is 29.2 Å². The minimum Gasteiger partial charge on any atom is -0.487 e. The summed E-state index contributed by atoms with van der Waals surface area (Å²) in [5, 5.41) is 17.4. The number of aliphatic carboxylic acids is 2. The first-order chi connectivity index (χ1) is 34.4. The van der Waals surface area contributed by atoms with E-state index in [1.807, 2.05) is 32.9 Å². The monoisotopic (exact) mass is 1000 g/mol. The molecule has 10 nitrogen and oxygen atoms in total. The van der Waals surface area contributed by atoms with Crippen LogP contribution in [0.5, 0.6) is 23.0 Å². The molecule has 0 saturated carbocycles. The molecule has 0 aromatic heterocycles. The van der Waals surface area contributed by atoms with Gasteiger partial charge in [0.25, 0.3) is 0 Å². The second-order valence-corrected chi connectivity index (χ2v) is 21.1. The van der Waals surface area contributed by atoms with Gasteiger partial charge in [0.1, 0.15) is 34.2 Å². The SMILES string of the molecule is CC(C)=CCCC(C)=CCCC(C)=CCCC1(C)CCc2cc(OC(=O)C=CC(=O)O)c(C)c(C)c2O1.CC(C)=CCCC(C)=CCCC(C)=CCCC1(C)CCc2cc(OC(=O)C=CC(=O)O)cc(C)c2O1. The number of hydrogen-bond acceptors (Lipinski definition) is 8. The second kappa shape index (κ2) is 30.1. The molecule has 10 heteroatoms. The average Bonchev–Trinajstić information content (AvgIpc) is 3.30. The number of hydrogen-bond donors (Lipinski definition) is 2. The van der Waals surface area contributed by atoms with Crippen LogP contribution in [0.15, 0.2) is 112 Å². The molecular formula is C63H86O10. The molecule has 2 aliphatic rings. The Kier molecular flexibility index (Phi) is 25.2. The van der Waals surface area contributed by atoms with Gasteiger partial charge in [-0.25, -0.2) is 19.2 Å².